The monoisotopic (exact) mass is 284 g/mol. The van der Waals surface area contributed by atoms with Gasteiger partial charge in [0.1, 0.15) is 5.75 Å². The molecule has 0 saturated carbocycles. The van der Waals surface area contributed by atoms with E-state index in [2.05, 4.69) is 10.2 Å². The first-order valence-corrected chi connectivity index (χ1v) is 6.60. The van der Waals surface area contributed by atoms with E-state index in [0.717, 1.165) is 18.5 Å². The zero-order chi connectivity index (χ0) is 14.4. The molecule has 0 aliphatic heterocycles. The Morgan fingerprint density at radius 1 is 1.42 bits per heavy atom. The fourth-order valence-electron chi connectivity index (χ4n) is 1.69. The predicted octanol–water partition coefficient (Wildman–Crippen LogP) is 2.34. The number of hydrogen-bond donors (Lipinski definition) is 1. The van der Waals surface area contributed by atoms with Crippen LogP contribution in [0.2, 0.25) is 5.02 Å². The highest BCUT2D eigenvalue weighted by molar-refractivity contribution is 6.31. The van der Waals surface area contributed by atoms with Crippen LogP contribution in [0, 0.1) is 6.92 Å². The van der Waals surface area contributed by atoms with Crippen molar-refractivity contribution in [3.05, 3.63) is 28.3 Å². The topological polar surface area (TPSA) is 41.6 Å². The molecule has 0 unspecified atom stereocenters. The van der Waals surface area contributed by atoms with E-state index >= 15 is 0 Å². The quantitative estimate of drug-likeness (QED) is 0.815. The number of carbonyl (C=O) groups excluding carboxylic acids is 1. The van der Waals surface area contributed by atoms with Crippen molar-refractivity contribution in [3.8, 4) is 5.75 Å². The fraction of sp³-hybridized carbons (Fsp3) is 0.500. The Kier molecular flexibility index (Phi) is 6.12. The number of halogens is 1. The van der Waals surface area contributed by atoms with Gasteiger partial charge < -0.3 is 15.0 Å². The second kappa shape index (κ2) is 7.36. The summed E-state index contributed by atoms with van der Waals surface area (Å²) in [6.45, 7) is 3.45. The van der Waals surface area contributed by atoms with Gasteiger partial charge in [0, 0.05) is 11.6 Å². The number of carbonyl (C=O) groups is 1. The van der Waals surface area contributed by atoms with Crippen LogP contribution in [-0.4, -0.2) is 45.1 Å². The van der Waals surface area contributed by atoms with Gasteiger partial charge in [-0.25, -0.2) is 0 Å². The first-order chi connectivity index (χ1) is 8.95. The van der Waals surface area contributed by atoms with Crippen LogP contribution >= 0.6 is 11.6 Å². The Labute approximate surface area is 119 Å². The van der Waals surface area contributed by atoms with Crippen molar-refractivity contribution in [1.29, 1.82) is 0 Å². The standard InChI is InChI=1S/C14H21ClN2O2/c1-10-8-13(19-4)11(9-12(10)15)14(18)16-6-5-7-17(2)3/h8-9H,5-7H2,1-4H3,(H,16,18). The number of amides is 1. The molecule has 1 amide bonds. The van der Waals surface area contributed by atoms with Crippen LogP contribution < -0.4 is 10.1 Å². The second-order valence-corrected chi connectivity index (χ2v) is 5.12. The minimum Gasteiger partial charge on any atom is -0.496 e. The number of nitrogens with one attached hydrogen (secondary N) is 1. The fourth-order valence-corrected chi connectivity index (χ4v) is 1.86. The molecule has 1 aromatic rings. The van der Waals surface area contributed by atoms with Crippen LogP contribution in [-0.2, 0) is 0 Å². The van der Waals surface area contributed by atoms with Crippen molar-refractivity contribution in [1.82, 2.24) is 10.2 Å². The summed E-state index contributed by atoms with van der Waals surface area (Å²) in [7, 11) is 5.56. The number of nitrogens with zero attached hydrogens (tertiary/aromatic N) is 1. The van der Waals surface area contributed by atoms with Crippen LogP contribution in [0.25, 0.3) is 0 Å². The molecule has 5 heteroatoms. The summed E-state index contributed by atoms with van der Waals surface area (Å²) in [4.78, 5) is 14.1. The van der Waals surface area contributed by atoms with Crippen LogP contribution in [0.3, 0.4) is 0 Å². The Hall–Kier alpha value is -1.26. The summed E-state index contributed by atoms with van der Waals surface area (Å²) >= 11 is 6.05. The van der Waals surface area contributed by atoms with E-state index in [4.69, 9.17) is 16.3 Å². The zero-order valence-corrected chi connectivity index (χ0v) is 12.7. The largest absolute Gasteiger partial charge is 0.496 e. The molecule has 0 heterocycles. The highest BCUT2D eigenvalue weighted by Crippen LogP contribution is 2.26. The summed E-state index contributed by atoms with van der Waals surface area (Å²) in [6.07, 6.45) is 0.903. The van der Waals surface area contributed by atoms with Crippen LogP contribution in [0.1, 0.15) is 22.3 Å². The lowest BCUT2D eigenvalue weighted by molar-refractivity contribution is 0.0949. The van der Waals surface area contributed by atoms with Crippen molar-refractivity contribution in [2.45, 2.75) is 13.3 Å². The maximum absolute atomic E-state index is 12.1. The van der Waals surface area contributed by atoms with E-state index < -0.39 is 0 Å². The molecule has 0 aliphatic rings. The Morgan fingerprint density at radius 3 is 2.68 bits per heavy atom. The van der Waals surface area contributed by atoms with Gasteiger partial charge in [0.2, 0.25) is 0 Å². The lowest BCUT2D eigenvalue weighted by atomic mass is 10.1. The molecule has 1 rings (SSSR count). The molecule has 0 atom stereocenters. The van der Waals surface area contributed by atoms with Gasteiger partial charge >= 0.3 is 0 Å². The lowest BCUT2D eigenvalue weighted by Crippen LogP contribution is -2.27. The van der Waals surface area contributed by atoms with E-state index in [1.807, 2.05) is 21.0 Å². The maximum Gasteiger partial charge on any atom is 0.255 e. The highest BCUT2D eigenvalue weighted by Gasteiger charge is 2.14. The molecule has 0 aliphatic carbocycles. The van der Waals surface area contributed by atoms with Crippen LogP contribution in [0.5, 0.6) is 5.75 Å². The van der Waals surface area contributed by atoms with Crippen molar-refractivity contribution in [3.63, 3.8) is 0 Å². The first kappa shape index (κ1) is 15.8. The van der Waals surface area contributed by atoms with E-state index in [9.17, 15) is 4.79 Å². The lowest BCUT2D eigenvalue weighted by Gasteiger charge is -2.12. The smallest absolute Gasteiger partial charge is 0.255 e. The Balaban J connectivity index is 2.68. The molecular weight excluding hydrogens is 264 g/mol. The summed E-state index contributed by atoms with van der Waals surface area (Å²) in [5.41, 5.74) is 1.37. The third-order valence-electron chi connectivity index (χ3n) is 2.79. The molecule has 4 nitrogen and oxygen atoms in total. The van der Waals surface area contributed by atoms with E-state index in [1.165, 1.54) is 0 Å². The minimum absolute atomic E-state index is 0.155. The van der Waals surface area contributed by atoms with Gasteiger partial charge in [-0.05, 0) is 51.7 Å². The molecule has 106 valence electrons. The third kappa shape index (κ3) is 4.73. The number of methoxy groups -OCH3 is 1. The SMILES string of the molecule is COc1cc(C)c(Cl)cc1C(=O)NCCCN(C)C. The van der Waals surface area contributed by atoms with Crippen molar-refractivity contribution in [2.24, 2.45) is 0 Å². The number of benzene rings is 1. The van der Waals surface area contributed by atoms with E-state index in [-0.39, 0.29) is 5.91 Å². The molecule has 0 fully saturated rings. The van der Waals surface area contributed by atoms with Gasteiger partial charge in [0.05, 0.1) is 12.7 Å². The molecule has 0 aromatic heterocycles. The zero-order valence-electron chi connectivity index (χ0n) is 11.9. The summed E-state index contributed by atoms with van der Waals surface area (Å²) < 4.78 is 5.22. The molecule has 0 radical (unpaired) electrons. The molecule has 19 heavy (non-hydrogen) atoms. The average Bonchev–Trinajstić information content (AvgIpc) is 2.36. The Morgan fingerprint density at radius 2 is 2.11 bits per heavy atom. The normalized spacial score (nSPS) is 10.6. The molecule has 1 N–H and O–H groups in total. The van der Waals surface area contributed by atoms with Gasteiger partial charge in [0.15, 0.2) is 0 Å². The average molecular weight is 285 g/mol. The molecule has 0 bridgehead atoms. The van der Waals surface area contributed by atoms with E-state index in [0.29, 0.717) is 22.9 Å². The predicted molar refractivity (Wildman–Crippen MR) is 78.2 cm³/mol. The second-order valence-electron chi connectivity index (χ2n) is 4.71. The van der Waals surface area contributed by atoms with Crippen molar-refractivity contribution < 1.29 is 9.53 Å². The number of ether oxygens (including phenoxy) is 1. The van der Waals surface area contributed by atoms with Crippen LogP contribution in [0.4, 0.5) is 0 Å². The van der Waals surface area contributed by atoms with Gasteiger partial charge in [-0.3, -0.25) is 4.79 Å². The molecule has 0 saturated heterocycles. The van der Waals surface area contributed by atoms with Crippen molar-refractivity contribution >= 4 is 17.5 Å². The minimum atomic E-state index is -0.155. The summed E-state index contributed by atoms with van der Waals surface area (Å²) in [5, 5.41) is 3.44. The van der Waals surface area contributed by atoms with Crippen molar-refractivity contribution in [2.75, 3.05) is 34.3 Å². The number of rotatable bonds is 6. The Bertz CT molecular complexity index is 447. The molecule has 1 aromatic carbocycles. The highest BCUT2D eigenvalue weighted by atomic mass is 35.5. The van der Waals surface area contributed by atoms with E-state index in [1.54, 1.807) is 19.2 Å². The summed E-state index contributed by atoms with van der Waals surface area (Å²) in [6, 6.07) is 3.42. The van der Waals surface area contributed by atoms with Gasteiger partial charge in [0.25, 0.3) is 5.91 Å². The molecule has 0 spiro atoms. The maximum atomic E-state index is 12.1. The van der Waals surface area contributed by atoms with Gasteiger partial charge in [-0.15, -0.1) is 0 Å². The van der Waals surface area contributed by atoms with Gasteiger partial charge in [-0.1, -0.05) is 11.6 Å². The van der Waals surface area contributed by atoms with Gasteiger partial charge in [-0.2, -0.15) is 0 Å². The van der Waals surface area contributed by atoms with Crippen LogP contribution in [0.15, 0.2) is 12.1 Å². The first-order valence-electron chi connectivity index (χ1n) is 6.22. The number of aryl methyl sites for hydroxylation is 1. The third-order valence-corrected chi connectivity index (χ3v) is 3.20. The summed E-state index contributed by atoms with van der Waals surface area (Å²) in [5.74, 6) is 0.393. The molecular formula is C14H21ClN2O2. The number of hydrogen-bond acceptors (Lipinski definition) is 3.